The van der Waals surface area contributed by atoms with E-state index < -0.39 is 5.60 Å². The van der Waals surface area contributed by atoms with Gasteiger partial charge in [-0.15, -0.1) is 0 Å². The van der Waals surface area contributed by atoms with Crippen molar-refractivity contribution in [2.75, 3.05) is 32.9 Å². The number of nitrogens with two attached hydrogens (primary N) is 1. The number of amides is 1. The number of pyridine rings is 1. The molecule has 18 heavy (non-hydrogen) atoms. The van der Waals surface area contributed by atoms with Gasteiger partial charge in [0.05, 0.1) is 17.5 Å². The summed E-state index contributed by atoms with van der Waals surface area (Å²) in [7, 11) is 3.72. The van der Waals surface area contributed by atoms with Gasteiger partial charge in [0.2, 0.25) is 0 Å². The van der Waals surface area contributed by atoms with Gasteiger partial charge in [0.15, 0.2) is 0 Å². The molecular formula is C12H20N4O2. The second-order valence-corrected chi connectivity index (χ2v) is 4.89. The molecule has 1 unspecified atom stereocenters. The van der Waals surface area contributed by atoms with Gasteiger partial charge in [-0.3, -0.25) is 4.79 Å². The molecular weight excluding hydrogens is 232 g/mol. The number of nitrogens with one attached hydrogen (secondary N) is 1. The topological polar surface area (TPSA) is 91.5 Å². The van der Waals surface area contributed by atoms with Gasteiger partial charge in [0.25, 0.3) is 5.91 Å². The maximum atomic E-state index is 11.7. The molecule has 0 aromatic carbocycles. The quantitative estimate of drug-likeness (QED) is 0.669. The van der Waals surface area contributed by atoms with Crippen molar-refractivity contribution in [1.29, 1.82) is 0 Å². The van der Waals surface area contributed by atoms with E-state index in [1.807, 2.05) is 19.0 Å². The molecule has 1 rings (SSSR count). The molecule has 6 nitrogen and oxygen atoms in total. The normalized spacial score (nSPS) is 14.3. The Kier molecular flexibility index (Phi) is 4.63. The van der Waals surface area contributed by atoms with Crippen molar-refractivity contribution >= 4 is 11.6 Å². The van der Waals surface area contributed by atoms with Crippen molar-refractivity contribution in [3.05, 3.63) is 24.0 Å². The van der Waals surface area contributed by atoms with Crippen molar-refractivity contribution in [2.45, 2.75) is 12.5 Å². The van der Waals surface area contributed by atoms with Gasteiger partial charge in [-0.05, 0) is 33.2 Å². The van der Waals surface area contributed by atoms with Crippen LogP contribution in [0, 0.1) is 0 Å². The van der Waals surface area contributed by atoms with Crippen LogP contribution < -0.4 is 11.1 Å². The van der Waals surface area contributed by atoms with E-state index in [1.54, 1.807) is 19.1 Å². The van der Waals surface area contributed by atoms with Crippen molar-refractivity contribution in [1.82, 2.24) is 15.2 Å². The lowest BCUT2D eigenvalue weighted by atomic mass is 10.1. The van der Waals surface area contributed by atoms with E-state index in [-0.39, 0.29) is 18.1 Å². The molecule has 4 N–H and O–H groups in total. The fraction of sp³-hybridized carbons (Fsp3) is 0.500. The van der Waals surface area contributed by atoms with Crippen LogP contribution in [0.2, 0.25) is 0 Å². The van der Waals surface area contributed by atoms with Crippen LogP contribution in [-0.4, -0.2) is 53.7 Å². The highest BCUT2D eigenvalue weighted by Gasteiger charge is 2.22. The van der Waals surface area contributed by atoms with Gasteiger partial charge in [0, 0.05) is 13.1 Å². The molecule has 1 amide bonds. The maximum Gasteiger partial charge on any atom is 0.269 e. The first-order valence-electron chi connectivity index (χ1n) is 5.67. The first kappa shape index (κ1) is 14.4. The third-order valence-electron chi connectivity index (χ3n) is 2.31. The molecule has 0 aliphatic carbocycles. The first-order chi connectivity index (χ1) is 8.30. The lowest BCUT2D eigenvalue weighted by Crippen LogP contribution is -2.47. The zero-order valence-electron chi connectivity index (χ0n) is 11.0. The molecule has 0 bridgehead atoms. The molecule has 1 aromatic heterocycles. The van der Waals surface area contributed by atoms with Crippen LogP contribution >= 0.6 is 0 Å². The standard InChI is InChI=1S/C12H20N4O2/c1-12(18,8-16(2)3)7-15-11(17)10-5-4-9(13)6-14-10/h4-6,18H,7-8,13H2,1-3H3,(H,15,17). The number of likely N-dealkylation sites (N-methyl/N-ethyl adjacent to an activating group) is 1. The summed E-state index contributed by atoms with van der Waals surface area (Å²) in [6.07, 6.45) is 1.42. The Morgan fingerprint density at radius 1 is 1.56 bits per heavy atom. The summed E-state index contributed by atoms with van der Waals surface area (Å²) in [5, 5.41) is 12.7. The summed E-state index contributed by atoms with van der Waals surface area (Å²) in [4.78, 5) is 17.5. The number of hydrogen-bond acceptors (Lipinski definition) is 5. The van der Waals surface area contributed by atoms with E-state index in [4.69, 9.17) is 5.73 Å². The molecule has 1 aromatic rings. The average molecular weight is 252 g/mol. The van der Waals surface area contributed by atoms with Gasteiger partial charge in [-0.25, -0.2) is 4.98 Å². The van der Waals surface area contributed by atoms with Crippen LogP contribution in [-0.2, 0) is 0 Å². The molecule has 6 heteroatoms. The number of carbonyl (C=O) groups is 1. The lowest BCUT2D eigenvalue weighted by molar-refractivity contribution is 0.0325. The fourth-order valence-electron chi connectivity index (χ4n) is 1.64. The Labute approximate surface area is 107 Å². The predicted octanol–water partition coefficient (Wildman–Crippen LogP) is -0.294. The molecule has 1 heterocycles. The highest BCUT2D eigenvalue weighted by molar-refractivity contribution is 5.92. The molecule has 0 fully saturated rings. The smallest absolute Gasteiger partial charge is 0.269 e. The Bertz CT molecular complexity index is 401. The molecule has 0 radical (unpaired) electrons. The van der Waals surface area contributed by atoms with Crippen molar-refractivity contribution < 1.29 is 9.90 Å². The van der Waals surface area contributed by atoms with Crippen molar-refractivity contribution in [3.8, 4) is 0 Å². The van der Waals surface area contributed by atoms with Crippen LogP contribution in [0.1, 0.15) is 17.4 Å². The van der Waals surface area contributed by atoms with E-state index in [9.17, 15) is 9.90 Å². The second-order valence-electron chi connectivity index (χ2n) is 4.89. The summed E-state index contributed by atoms with van der Waals surface area (Å²) < 4.78 is 0. The minimum absolute atomic E-state index is 0.163. The zero-order chi connectivity index (χ0) is 13.8. The molecule has 1 atom stereocenters. The minimum Gasteiger partial charge on any atom is -0.397 e. The van der Waals surface area contributed by atoms with Gasteiger partial charge in [-0.1, -0.05) is 0 Å². The third-order valence-corrected chi connectivity index (χ3v) is 2.31. The molecule has 0 aliphatic heterocycles. The largest absolute Gasteiger partial charge is 0.397 e. The zero-order valence-corrected chi connectivity index (χ0v) is 11.0. The van der Waals surface area contributed by atoms with Crippen LogP contribution in [0.5, 0.6) is 0 Å². The van der Waals surface area contributed by atoms with Crippen molar-refractivity contribution in [3.63, 3.8) is 0 Å². The highest BCUT2D eigenvalue weighted by Crippen LogP contribution is 2.04. The number of hydrogen-bond donors (Lipinski definition) is 3. The van der Waals surface area contributed by atoms with Gasteiger partial charge < -0.3 is 21.1 Å². The van der Waals surface area contributed by atoms with E-state index in [2.05, 4.69) is 10.3 Å². The first-order valence-corrected chi connectivity index (χ1v) is 5.67. The van der Waals surface area contributed by atoms with Crippen LogP contribution in [0.3, 0.4) is 0 Å². The number of aromatic nitrogens is 1. The molecule has 100 valence electrons. The number of rotatable bonds is 5. The average Bonchev–Trinajstić information content (AvgIpc) is 2.25. The van der Waals surface area contributed by atoms with Crippen LogP contribution in [0.15, 0.2) is 18.3 Å². The van der Waals surface area contributed by atoms with Crippen LogP contribution in [0.4, 0.5) is 5.69 Å². The van der Waals surface area contributed by atoms with E-state index in [1.165, 1.54) is 6.20 Å². The SMILES string of the molecule is CN(C)CC(C)(O)CNC(=O)c1ccc(N)cn1. The Morgan fingerprint density at radius 2 is 2.22 bits per heavy atom. The van der Waals surface area contributed by atoms with E-state index >= 15 is 0 Å². The Morgan fingerprint density at radius 3 is 2.72 bits per heavy atom. The summed E-state index contributed by atoms with van der Waals surface area (Å²) >= 11 is 0. The summed E-state index contributed by atoms with van der Waals surface area (Å²) in [5.74, 6) is -0.325. The summed E-state index contributed by atoms with van der Waals surface area (Å²) in [5.41, 5.74) is 5.29. The molecule has 0 spiro atoms. The molecule has 0 aliphatic rings. The maximum absolute atomic E-state index is 11.7. The van der Waals surface area contributed by atoms with E-state index in [0.29, 0.717) is 12.2 Å². The summed E-state index contributed by atoms with van der Waals surface area (Å²) in [6.45, 7) is 2.29. The molecule has 0 saturated heterocycles. The second kappa shape index (κ2) is 5.79. The Balaban J connectivity index is 2.53. The number of carbonyl (C=O) groups excluding carboxylic acids is 1. The fourth-order valence-corrected chi connectivity index (χ4v) is 1.64. The van der Waals surface area contributed by atoms with Gasteiger partial charge in [-0.2, -0.15) is 0 Å². The van der Waals surface area contributed by atoms with Gasteiger partial charge in [0.1, 0.15) is 5.69 Å². The number of anilines is 1. The Hall–Kier alpha value is -1.66. The number of nitrogen functional groups attached to an aromatic ring is 1. The third kappa shape index (κ3) is 4.68. The number of nitrogens with zero attached hydrogens (tertiary/aromatic N) is 2. The summed E-state index contributed by atoms with van der Waals surface area (Å²) in [6, 6.07) is 3.16. The minimum atomic E-state index is -0.979. The predicted molar refractivity (Wildman–Crippen MR) is 70.2 cm³/mol. The van der Waals surface area contributed by atoms with Crippen molar-refractivity contribution in [2.24, 2.45) is 0 Å². The molecule has 0 saturated carbocycles. The van der Waals surface area contributed by atoms with Gasteiger partial charge >= 0.3 is 0 Å². The monoisotopic (exact) mass is 252 g/mol. The van der Waals surface area contributed by atoms with Crippen LogP contribution in [0.25, 0.3) is 0 Å². The highest BCUT2D eigenvalue weighted by atomic mass is 16.3. The number of aliphatic hydroxyl groups is 1. The lowest BCUT2D eigenvalue weighted by Gasteiger charge is -2.26. The van der Waals surface area contributed by atoms with E-state index in [0.717, 1.165) is 0 Å².